The predicted molar refractivity (Wildman–Crippen MR) is 72.3 cm³/mol. The van der Waals surface area contributed by atoms with E-state index in [9.17, 15) is 9.59 Å². The van der Waals surface area contributed by atoms with Crippen LogP contribution in [-0.4, -0.2) is 29.4 Å². The molecular formula is C13H18N4O2. The van der Waals surface area contributed by atoms with E-state index in [1.807, 2.05) is 12.1 Å². The first-order chi connectivity index (χ1) is 9.11. The standard InChI is InChI=1S/C13H18N4O2/c14-8-9-3-5-10(6-4-9)16-13(19)17-7-1-2-11(17)12(15)18/h3-6,11H,1-2,7-8,14H2,(H2,15,18)(H,16,19). The quantitative estimate of drug-likeness (QED) is 0.744. The number of nitrogens with two attached hydrogens (primary N) is 2. The summed E-state index contributed by atoms with van der Waals surface area (Å²) in [6, 6.07) is 6.49. The molecule has 0 saturated carbocycles. The number of carbonyl (C=O) groups is 2. The Morgan fingerprint density at radius 1 is 1.32 bits per heavy atom. The van der Waals surface area contributed by atoms with Crippen molar-refractivity contribution >= 4 is 17.6 Å². The highest BCUT2D eigenvalue weighted by Crippen LogP contribution is 2.18. The van der Waals surface area contributed by atoms with Crippen LogP contribution in [0.15, 0.2) is 24.3 Å². The molecule has 1 aromatic rings. The number of anilines is 1. The van der Waals surface area contributed by atoms with E-state index in [0.717, 1.165) is 12.0 Å². The molecule has 1 heterocycles. The largest absolute Gasteiger partial charge is 0.368 e. The van der Waals surface area contributed by atoms with Crippen molar-refractivity contribution in [1.82, 2.24) is 4.90 Å². The second-order valence-corrected chi connectivity index (χ2v) is 4.58. The average molecular weight is 262 g/mol. The highest BCUT2D eigenvalue weighted by molar-refractivity contribution is 5.93. The summed E-state index contributed by atoms with van der Waals surface area (Å²) in [6.45, 7) is 1.02. The van der Waals surface area contributed by atoms with Gasteiger partial charge in [-0.3, -0.25) is 4.79 Å². The third-order valence-corrected chi connectivity index (χ3v) is 3.28. The highest BCUT2D eigenvalue weighted by atomic mass is 16.2. The number of carbonyl (C=O) groups excluding carboxylic acids is 2. The Morgan fingerprint density at radius 3 is 2.58 bits per heavy atom. The third-order valence-electron chi connectivity index (χ3n) is 3.28. The van der Waals surface area contributed by atoms with Crippen LogP contribution in [0.5, 0.6) is 0 Å². The van der Waals surface area contributed by atoms with Crippen molar-refractivity contribution in [3.8, 4) is 0 Å². The van der Waals surface area contributed by atoms with E-state index in [-0.39, 0.29) is 6.03 Å². The number of primary amides is 1. The van der Waals surface area contributed by atoms with Crippen molar-refractivity contribution in [2.24, 2.45) is 11.5 Å². The molecule has 3 amide bonds. The van der Waals surface area contributed by atoms with Gasteiger partial charge in [0.25, 0.3) is 0 Å². The van der Waals surface area contributed by atoms with Gasteiger partial charge in [-0.05, 0) is 30.5 Å². The fourth-order valence-electron chi connectivity index (χ4n) is 2.23. The molecule has 0 bridgehead atoms. The van der Waals surface area contributed by atoms with E-state index in [1.54, 1.807) is 12.1 Å². The summed E-state index contributed by atoms with van der Waals surface area (Å²) in [7, 11) is 0. The Kier molecular flexibility index (Phi) is 4.01. The molecular weight excluding hydrogens is 244 g/mol. The first kappa shape index (κ1) is 13.4. The first-order valence-corrected chi connectivity index (χ1v) is 6.28. The van der Waals surface area contributed by atoms with E-state index in [0.29, 0.717) is 25.2 Å². The molecule has 19 heavy (non-hydrogen) atoms. The van der Waals surface area contributed by atoms with Gasteiger partial charge in [-0.25, -0.2) is 4.79 Å². The van der Waals surface area contributed by atoms with Crippen molar-refractivity contribution in [1.29, 1.82) is 0 Å². The molecule has 0 aliphatic carbocycles. The summed E-state index contributed by atoms with van der Waals surface area (Å²) < 4.78 is 0. The lowest BCUT2D eigenvalue weighted by atomic mass is 10.2. The first-order valence-electron chi connectivity index (χ1n) is 6.28. The molecule has 1 atom stereocenters. The van der Waals surface area contributed by atoms with Crippen LogP contribution in [0, 0.1) is 0 Å². The molecule has 1 saturated heterocycles. The Labute approximate surface area is 111 Å². The zero-order valence-corrected chi connectivity index (χ0v) is 10.6. The number of urea groups is 1. The molecule has 1 aliphatic rings. The maximum absolute atomic E-state index is 12.1. The molecule has 0 spiro atoms. The number of rotatable bonds is 3. The van der Waals surface area contributed by atoms with Crippen molar-refractivity contribution < 1.29 is 9.59 Å². The lowest BCUT2D eigenvalue weighted by molar-refractivity contribution is -0.121. The van der Waals surface area contributed by atoms with Crippen LogP contribution in [0.4, 0.5) is 10.5 Å². The molecule has 1 unspecified atom stereocenters. The van der Waals surface area contributed by atoms with Gasteiger partial charge in [-0.2, -0.15) is 0 Å². The highest BCUT2D eigenvalue weighted by Gasteiger charge is 2.32. The van der Waals surface area contributed by atoms with E-state index in [4.69, 9.17) is 11.5 Å². The predicted octanol–water partition coefficient (Wildman–Crippen LogP) is 0.627. The van der Waals surface area contributed by atoms with Crippen molar-refractivity contribution in [3.63, 3.8) is 0 Å². The normalized spacial score (nSPS) is 18.4. The number of amides is 3. The minimum Gasteiger partial charge on any atom is -0.368 e. The van der Waals surface area contributed by atoms with Crippen molar-refractivity contribution in [2.45, 2.75) is 25.4 Å². The van der Waals surface area contributed by atoms with Gasteiger partial charge in [0.2, 0.25) is 5.91 Å². The smallest absolute Gasteiger partial charge is 0.322 e. The van der Waals surface area contributed by atoms with E-state index < -0.39 is 11.9 Å². The Hall–Kier alpha value is -2.08. The molecule has 102 valence electrons. The molecule has 1 aromatic carbocycles. The van der Waals surface area contributed by atoms with Gasteiger partial charge in [-0.1, -0.05) is 12.1 Å². The lowest BCUT2D eigenvalue weighted by Crippen LogP contribution is -2.45. The molecule has 1 fully saturated rings. The Morgan fingerprint density at radius 2 is 2.00 bits per heavy atom. The van der Waals surface area contributed by atoms with Gasteiger partial charge in [-0.15, -0.1) is 0 Å². The topological polar surface area (TPSA) is 101 Å². The second kappa shape index (κ2) is 5.71. The second-order valence-electron chi connectivity index (χ2n) is 4.58. The van der Waals surface area contributed by atoms with Crippen LogP contribution in [-0.2, 0) is 11.3 Å². The van der Waals surface area contributed by atoms with E-state index >= 15 is 0 Å². The zero-order chi connectivity index (χ0) is 13.8. The van der Waals surface area contributed by atoms with E-state index in [2.05, 4.69) is 5.32 Å². The lowest BCUT2D eigenvalue weighted by Gasteiger charge is -2.22. The maximum Gasteiger partial charge on any atom is 0.322 e. The van der Waals surface area contributed by atoms with Crippen LogP contribution >= 0.6 is 0 Å². The fourth-order valence-corrected chi connectivity index (χ4v) is 2.23. The Balaban J connectivity index is 2.01. The maximum atomic E-state index is 12.1. The number of nitrogens with one attached hydrogen (secondary N) is 1. The molecule has 1 aliphatic heterocycles. The van der Waals surface area contributed by atoms with Gasteiger partial charge in [0.1, 0.15) is 6.04 Å². The van der Waals surface area contributed by atoms with Gasteiger partial charge in [0.05, 0.1) is 0 Å². The van der Waals surface area contributed by atoms with Crippen LogP contribution in [0.1, 0.15) is 18.4 Å². The number of nitrogens with zero attached hydrogens (tertiary/aromatic N) is 1. The molecule has 0 aromatic heterocycles. The molecule has 6 nitrogen and oxygen atoms in total. The molecule has 6 heteroatoms. The molecule has 0 radical (unpaired) electrons. The van der Waals surface area contributed by atoms with Crippen LogP contribution < -0.4 is 16.8 Å². The molecule has 2 rings (SSSR count). The van der Waals surface area contributed by atoms with Crippen LogP contribution in [0.25, 0.3) is 0 Å². The summed E-state index contributed by atoms with van der Waals surface area (Å²) in [5, 5.41) is 2.76. The third kappa shape index (κ3) is 3.03. The number of hydrogen-bond donors (Lipinski definition) is 3. The van der Waals surface area contributed by atoms with Crippen molar-refractivity contribution in [2.75, 3.05) is 11.9 Å². The SMILES string of the molecule is NCc1ccc(NC(=O)N2CCCC2C(N)=O)cc1. The monoisotopic (exact) mass is 262 g/mol. The summed E-state index contributed by atoms with van der Waals surface area (Å²) in [5.74, 6) is -0.453. The zero-order valence-electron chi connectivity index (χ0n) is 10.6. The van der Waals surface area contributed by atoms with Crippen molar-refractivity contribution in [3.05, 3.63) is 29.8 Å². The molecule has 5 N–H and O–H groups in total. The van der Waals surface area contributed by atoms with Crippen LogP contribution in [0.2, 0.25) is 0 Å². The van der Waals surface area contributed by atoms with Gasteiger partial charge >= 0.3 is 6.03 Å². The van der Waals surface area contributed by atoms with Gasteiger partial charge < -0.3 is 21.7 Å². The summed E-state index contributed by atoms with van der Waals surface area (Å²) in [6.07, 6.45) is 1.43. The average Bonchev–Trinajstić information content (AvgIpc) is 2.89. The summed E-state index contributed by atoms with van der Waals surface area (Å²) in [5.41, 5.74) is 12.5. The number of likely N-dealkylation sites (tertiary alicyclic amines) is 1. The van der Waals surface area contributed by atoms with Gasteiger partial charge in [0.15, 0.2) is 0 Å². The Bertz CT molecular complexity index is 472. The van der Waals surface area contributed by atoms with E-state index in [1.165, 1.54) is 4.90 Å². The number of hydrogen-bond acceptors (Lipinski definition) is 3. The minimum atomic E-state index is -0.497. The van der Waals surface area contributed by atoms with Gasteiger partial charge in [0, 0.05) is 18.8 Å². The summed E-state index contributed by atoms with van der Waals surface area (Å²) >= 11 is 0. The summed E-state index contributed by atoms with van der Waals surface area (Å²) in [4.78, 5) is 24.8. The fraction of sp³-hybridized carbons (Fsp3) is 0.385. The minimum absolute atomic E-state index is 0.290. The number of benzene rings is 1. The van der Waals surface area contributed by atoms with Crippen LogP contribution in [0.3, 0.4) is 0 Å².